The number of methoxy groups -OCH3 is 1. The Morgan fingerprint density at radius 3 is 2.12 bits per heavy atom. The molecule has 98 valence electrons. The van der Waals surface area contributed by atoms with Crippen LogP contribution in [0.1, 0.15) is 13.8 Å². The molecule has 1 unspecified atom stereocenters. The SMILES string of the molecule is COCCOCCOCCNC(O)C(C)C. The molecule has 0 aromatic carbocycles. The van der Waals surface area contributed by atoms with Gasteiger partial charge >= 0.3 is 0 Å². The van der Waals surface area contributed by atoms with E-state index in [4.69, 9.17) is 14.2 Å². The van der Waals surface area contributed by atoms with E-state index in [0.29, 0.717) is 39.6 Å². The molecule has 0 saturated carbocycles. The van der Waals surface area contributed by atoms with Crippen LogP contribution in [0, 0.1) is 5.92 Å². The van der Waals surface area contributed by atoms with Gasteiger partial charge in [-0.3, -0.25) is 5.32 Å². The van der Waals surface area contributed by atoms with Crippen LogP contribution in [0.15, 0.2) is 0 Å². The van der Waals surface area contributed by atoms with Crippen molar-refractivity contribution in [1.29, 1.82) is 0 Å². The van der Waals surface area contributed by atoms with Gasteiger partial charge in [0.15, 0.2) is 0 Å². The zero-order valence-corrected chi connectivity index (χ0v) is 10.6. The highest BCUT2D eigenvalue weighted by Gasteiger charge is 2.06. The summed E-state index contributed by atoms with van der Waals surface area (Å²) in [6.45, 7) is 7.52. The van der Waals surface area contributed by atoms with Crippen molar-refractivity contribution < 1.29 is 19.3 Å². The fraction of sp³-hybridized carbons (Fsp3) is 1.00. The Balaban J connectivity index is 3.04. The van der Waals surface area contributed by atoms with E-state index < -0.39 is 6.23 Å². The number of aliphatic hydroxyl groups is 1. The van der Waals surface area contributed by atoms with Crippen molar-refractivity contribution in [2.24, 2.45) is 5.92 Å². The predicted molar refractivity (Wildman–Crippen MR) is 62.4 cm³/mol. The van der Waals surface area contributed by atoms with Crippen molar-refractivity contribution in [2.45, 2.75) is 20.1 Å². The van der Waals surface area contributed by atoms with Crippen molar-refractivity contribution in [3.63, 3.8) is 0 Å². The van der Waals surface area contributed by atoms with E-state index >= 15 is 0 Å². The number of aliphatic hydroxyl groups excluding tert-OH is 1. The first-order chi connectivity index (χ1) is 7.68. The molecule has 5 nitrogen and oxygen atoms in total. The van der Waals surface area contributed by atoms with Crippen molar-refractivity contribution in [2.75, 3.05) is 46.7 Å². The van der Waals surface area contributed by atoms with E-state index in [0.717, 1.165) is 0 Å². The monoisotopic (exact) mass is 235 g/mol. The van der Waals surface area contributed by atoms with Gasteiger partial charge in [0, 0.05) is 13.7 Å². The lowest BCUT2D eigenvalue weighted by Gasteiger charge is -2.15. The van der Waals surface area contributed by atoms with Crippen LogP contribution in [0.3, 0.4) is 0 Å². The van der Waals surface area contributed by atoms with Gasteiger partial charge in [0.25, 0.3) is 0 Å². The summed E-state index contributed by atoms with van der Waals surface area (Å²) in [5.74, 6) is 0.220. The summed E-state index contributed by atoms with van der Waals surface area (Å²) in [5, 5.41) is 12.4. The third-order valence-electron chi connectivity index (χ3n) is 2.04. The summed E-state index contributed by atoms with van der Waals surface area (Å²) in [5.41, 5.74) is 0. The second-order valence-electron chi connectivity index (χ2n) is 3.86. The number of hydrogen-bond acceptors (Lipinski definition) is 5. The van der Waals surface area contributed by atoms with E-state index in [2.05, 4.69) is 5.32 Å². The van der Waals surface area contributed by atoms with Gasteiger partial charge in [-0.2, -0.15) is 0 Å². The molecule has 0 bridgehead atoms. The summed E-state index contributed by atoms with van der Waals surface area (Å²) >= 11 is 0. The zero-order chi connectivity index (χ0) is 12.2. The minimum absolute atomic E-state index is 0.220. The molecule has 2 N–H and O–H groups in total. The molecule has 0 amide bonds. The van der Waals surface area contributed by atoms with Gasteiger partial charge in [0.2, 0.25) is 0 Å². The first kappa shape index (κ1) is 15.8. The number of hydrogen-bond donors (Lipinski definition) is 2. The highest BCUT2D eigenvalue weighted by molar-refractivity contribution is 4.56. The van der Waals surface area contributed by atoms with Crippen LogP contribution >= 0.6 is 0 Å². The Morgan fingerprint density at radius 1 is 1.00 bits per heavy atom. The lowest BCUT2D eigenvalue weighted by atomic mass is 10.2. The molecule has 0 spiro atoms. The first-order valence-corrected chi connectivity index (χ1v) is 5.74. The summed E-state index contributed by atoms with van der Waals surface area (Å²) in [6.07, 6.45) is -0.457. The lowest BCUT2D eigenvalue weighted by molar-refractivity contribution is 0.0202. The number of nitrogens with one attached hydrogen (secondary N) is 1. The Hall–Kier alpha value is -0.200. The average Bonchev–Trinajstić information content (AvgIpc) is 2.26. The third-order valence-corrected chi connectivity index (χ3v) is 2.04. The van der Waals surface area contributed by atoms with E-state index in [9.17, 15) is 5.11 Å². The maximum atomic E-state index is 9.42. The molecule has 0 aromatic heterocycles. The Labute approximate surface area is 98.1 Å². The number of ether oxygens (including phenoxy) is 3. The predicted octanol–water partition coefficient (Wildman–Crippen LogP) is 0.230. The molecule has 0 heterocycles. The van der Waals surface area contributed by atoms with Crippen molar-refractivity contribution in [1.82, 2.24) is 5.32 Å². The molecule has 0 radical (unpaired) electrons. The van der Waals surface area contributed by atoms with Gasteiger partial charge in [0.1, 0.15) is 6.23 Å². The van der Waals surface area contributed by atoms with Crippen LogP contribution in [0.2, 0.25) is 0 Å². The van der Waals surface area contributed by atoms with E-state index in [1.54, 1.807) is 7.11 Å². The molecule has 1 atom stereocenters. The summed E-state index contributed by atoms with van der Waals surface area (Å²) < 4.78 is 15.4. The van der Waals surface area contributed by atoms with Gasteiger partial charge in [-0.25, -0.2) is 0 Å². The van der Waals surface area contributed by atoms with Crippen LogP contribution in [0.5, 0.6) is 0 Å². The van der Waals surface area contributed by atoms with E-state index in [1.165, 1.54) is 0 Å². The molecular weight excluding hydrogens is 210 g/mol. The lowest BCUT2D eigenvalue weighted by Crippen LogP contribution is -2.35. The van der Waals surface area contributed by atoms with Crippen LogP contribution in [-0.2, 0) is 14.2 Å². The first-order valence-electron chi connectivity index (χ1n) is 5.74. The van der Waals surface area contributed by atoms with Gasteiger partial charge in [-0.05, 0) is 5.92 Å². The van der Waals surface area contributed by atoms with Crippen LogP contribution in [-0.4, -0.2) is 58.0 Å². The van der Waals surface area contributed by atoms with Gasteiger partial charge in [0.05, 0.1) is 33.0 Å². The normalized spacial score (nSPS) is 13.3. The minimum Gasteiger partial charge on any atom is -0.382 e. The molecule has 0 aliphatic rings. The quantitative estimate of drug-likeness (QED) is 0.396. The molecule has 16 heavy (non-hydrogen) atoms. The highest BCUT2D eigenvalue weighted by Crippen LogP contribution is 1.95. The maximum absolute atomic E-state index is 9.42. The Morgan fingerprint density at radius 2 is 1.56 bits per heavy atom. The van der Waals surface area contributed by atoms with E-state index in [1.807, 2.05) is 13.8 Å². The van der Waals surface area contributed by atoms with Crippen LogP contribution in [0.25, 0.3) is 0 Å². The number of rotatable bonds is 11. The molecule has 0 aliphatic heterocycles. The molecule has 0 aromatic rings. The fourth-order valence-electron chi connectivity index (χ4n) is 0.979. The largest absolute Gasteiger partial charge is 0.382 e. The standard InChI is InChI=1S/C11H25NO4/c1-10(2)11(13)12-4-5-15-8-9-16-7-6-14-3/h10-13H,4-9H2,1-3H3. The summed E-state index contributed by atoms with van der Waals surface area (Å²) in [7, 11) is 1.64. The Kier molecular flexibility index (Phi) is 11.1. The molecule has 0 saturated heterocycles. The third kappa shape index (κ3) is 10.3. The molecular formula is C11H25NO4. The molecule has 5 heteroatoms. The maximum Gasteiger partial charge on any atom is 0.107 e. The molecule has 0 aliphatic carbocycles. The molecule has 0 rings (SSSR count). The fourth-order valence-corrected chi connectivity index (χ4v) is 0.979. The second kappa shape index (κ2) is 11.3. The second-order valence-corrected chi connectivity index (χ2v) is 3.86. The highest BCUT2D eigenvalue weighted by atomic mass is 16.5. The van der Waals surface area contributed by atoms with Crippen LogP contribution < -0.4 is 5.32 Å². The Bertz CT molecular complexity index is 144. The van der Waals surface area contributed by atoms with Crippen molar-refractivity contribution in [3.8, 4) is 0 Å². The average molecular weight is 235 g/mol. The molecule has 0 fully saturated rings. The minimum atomic E-state index is -0.457. The topological polar surface area (TPSA) is 60.0 Å². The summed E-state index contributed by atoms with van der Waals surface area (Å²) in [4.78, 5) is 0. The van der Waals surface area contributed by atoms with Gasteiger partial charge in [-0.1, -0.05) is 13.8 Å². The zero-order valence-electron chi connectivity index (χ0n) is 10.6. The van der Waals surface area contributed by atoms with Crippen LogP contribution in [0.4, 0.5) is 0 Å². The van der Waals surface area contributed by atoms with Crippen molar-refractivity contribution >= 4 is 0 Å². The van der Waals surface area contributed by atoms with E-state index in [-0.39, 0.29) is 5.92 Å². The van der Waals surface area contributed by atoms with Gasteiger partial charge < -0.3 is 19.3 Å². The van der Waals surface area contributed by atoms with Crippen molar-refractivity contribution in [3.05, 3.63) is 0 Å². The van der Waals surface area contributed by atoms with Gasteiger partial charge in [-0.15, -0.1) is 0 Å². The smallest absolute Gasteiger partial charge is 0.107 e. The summed E-state index contributed by atoms with van der Waals surface area (Å²) in [6, 6.07) is 0.